The third-order valence-electron chi connectivity index (χ3n) is 3.38. The maximum Gasteiger partial charge on any atom is 0.125 e. The van der Waals surface area contributed by atoms with Crippen molar-refractivity contribution in [2.45, 2.75) is 38.8 Å². The molecule has 0 saturated heterocycles. The standard InChI is InChI=1S/C16H21NO/c1-4-16(2,3)17-15(14-11-8-12-18-14)13-9-6-5-7-10-13/h5-12,15,17H,4H2,1-3H3. The summed E-state index contributed by atoms with van der Waals surface area (Å²) in [7, 11) is 0. The zero-order valence-corrected chi connectivity index (χ0v) is 11.3. The molecular formula is C16H21NO. The van der Waals surface area contributed by atoms with Crippen molar-refractivity contribution in [3.05, 3.63) is 60.1 Å². The molecule has 0 saturated carbocycles. The van der Waals surface area contributed by atoms with Gasteiger partial charge in [0.05, 0.1) is 12.3 Å². The van der Waals surface area contributed by atoms with E-state index in [9.17, 15) is 0 Å². The van der Waals surface area contributed by atoms with Gasteiger partial charge in [0.1, 0.15) is 5.76 Å². The third kappa shape index (κ3) is 3.02. The van der Waals surface area contributed by atoms with Crippen molar-refractivity contribution in [1.82, 2.24) is 5.32 Å². The molecule has 2 rings (SSSR count). The molecule has 1 aromatic heterocycles. The topological polar surface area (TPSA) is 25.2 Å². The predicted molar refractivity (Wildman–Crippen MR) is 74.5 cm³/mol. The summed E-state index contributed by atoms with van der Waals surface area (Å²) in [6, 6.07) is 14.5. The minimum atomic E-state index is 0.0767. The van der Waals surface area contributed by atoms with Crippen LogP contribution >= 0.6 is 0 Å². The number of benzene rings is 1. The molecule has 0 aliphatic carbocycles. The lowest BCUT2D eigenvalue weighted by Gasteiger charge is -2.30. The second kappa shape index (κ2) is 5.40. The van der Waals surface area contributed by atoms with Gasteiger partial charge in [-0.2, -0.15) is 0 Å². The van der Waals surface area contributed by atoms with E-state index in [2.05, 4.69) is 50.4 Å². The van der Waals surface area contributed by atoms with E-state index in [0.29, 0.717) is 0 Å². The van der Waals surface area contributed by atoms with E-state index >= 15 is 0 Å². The van der Waals surface area contributed by atoms with Crippen LogP contribution in [-0.4, -0.2) is 5.54 Å². The van der Waals surface area contributed by atoms with Gasteiger partial charge in [-0.05, 0) is 38.0 Å². The van der Waals surface area contributed by atoms with Crippen LogP contribution < -0.4 is 5.32 Å². The van der Waals surface area contributed by atoms with E-state index in [1.807, 2.05) is 18.2 Å². The van der Waals surface area contributed by atoms with Crippen LogP contribution in [0.25, 0.3) is 0 Å². The lowest BCUT2D eigenvalue weighted by atomic mass is 9.96. The van der Waals surface area contributed by atoms with Crippen molar-refractivity contribution in [2.24, 2.45) is 0 Å². The highest BCUT2D eigenvalue weighted by atomic mass is 16.3. The second-order valence-electron chi connectivity index (χ2n) is 5.24. The Morgan fingerprint density at radius 1 is 1.11 bits per heavy atom. The van der Waals surface area contributed by atoms with Crippen LogP contribution in [0, 0.1) is 0 Å². The van der Waals surface area contributed by atoms with Crippen LogP contribution in [0.15, 0.2) is 53.1 Å². The van der Waals surface area contributed by atoms with Crippen molar-refractivity contribution in [3.8, 4) is 0 Å². The van der Waals surface area contributed by atoms with E-state index in [-0.39, 0.29) is 11.6 Å². The zero-order chi connectivity index (χ0) is 13.0. The molecule has 0 fully saturated rings. The summed E-state index contributed by atoms with van der Waals surface area (Å²) in [6.07, 6.45) is 2.79. The predicted octanol–water partition coefficient (Wildman–Crippen LogP) is 4.15. The number of hydrogen-bond donors (Lipinski definition) is 1. The highest BCUT2D eigenvalue weighted by Crippen LogP contribution is 2.25. The smallest absolute Gasteiger partial charge is 0.125 e. The first-order valence-electron chi connectivity index (χ1n) is 6.48. The summed E-state index contributed by atoms with van der Waals surface area (Å²) >= 11 is 0. The fourth-order valence-corrected chi connectivity index (χ4v) is 1.91. The van der Waals surface area contributed by atoms with E-state index < -0.39 is 0 Å². The lowest BCUT2D eigenvalue weighted by molar-refractivity contribution is 0.321. The number of hydrogen-bond acceptors (Lipinski definition) is 2. The Labute approximate surface area is 109 Å². The largest absolute Gasteiger partial charge is 0.467 e. The molecule has 1 heterocycles. The fraction of sp³-hybridized carbons (Fsp3) is 0.375. The summed E-state index contributed by atoms with van der Waals surface area (Å²) in [5.74, 6) is 0.961. The number of rotatable bonds is 5. The van der Waals surface area contributed by atoms with Gasteiger partial charge < -0.3 is 4.42 Å². The summed E-state index contributed by atoms with van der Waals surface area (Å²) in [4.78, 5) is 0. The molecule has 1 atom stereocenters. The zero-order valence-electron chi connectivity index (χ0n) is 11.3. The van der Waals surface area contributed by atoms with Gasteiger partial charge in [-0.25, -0.2) is 0 Å². The molecule has 0 aliphatic heterocycles. The molecule has 96 valence electrons. The molecule has 1 aromatic carbocycles. The van der Waals surface area contributed by atoms with Gasteiger partial charge >= 0.3 is 0 Å². The highest BCUT2D eigenvalue weighted by molar-refractivity contribution is 5.26. The van der Waals surface area contributed by atoms with E-state index in [1.54, 1.807) is 6.26 Å². The maximum atomic E-state index is 5.58. The summed E-state index contributed by atoms with van der Waals surface area (Å²) in [6.45, 7) is 6.62. The Morgan fingerprint density at radius 2 is 1.83 bits per heavy atom. The van der Waals surface area contributed by atoms with Crippen molar-refractivity contribution in [1.29, 1.82) is 0 Å². The van der Waals surface area contributed by atoms with Crippen LogP contribution in [0.5, 0.6) is 0 Å². The Kier molecular flexibility index (Phi) is 3.87. The minimum Gasteiger partial charge on any atom is -0.467 e. The molecule has 18 heavy (non-hydrogen) atoms. The lowest BCUT2D eigenvalue weighted by Crippen LogP contribution is -2.41. The molecule has 0 aliphatic rings. The Balaban J connectivity index is 2.30. The van der Waals surface area contributed by atoms with Gasteiger partial charge in [-0.1, -0.05) is 37.3 Å². The van der Waals surface area contributed by atoms with Crippen LogP contribution in [0.1, 0.15) is 44.6 Å². The van der Waals surface area contributed by atoms with Gasteiger partial charge in [0.15, 0.2) is 0 Å². The highest BCUT2D eigenvalue weighted by Gasteiger charge is 2.24. The number of nitrogens with one attached hydrogen (secondary N) is 1. The Morgan fingerprint density at radius 3 is 2.39 bits per heavy atom. The van der Waals surface area contributed by atoms with Crippen molar-refractivity contribution >= 4 is 0 Å². The van der Waals surface area contributed by atoms with Gasteiger partial charge in [0, 0.05) is 5.54 Å². The van der Waals surface area contributed by atoms with Crippen LogP contribution in [-0.2, 0) is 0 Å². The molecule has 0 bridgehead atoms. The molecule has 1 N–H and O–H groups in total. The molecule has 2 aromatic rings. The van der Waals surface area contributed by atoms with Crippen molar-refractivity contribution < 1.29 is 4.42 Å². The van der Waals surface area contributed by atoms with Crippen LogP contribution in [0.2, 0.25) is 0 Å². The molecule has 1 unspecified atom stereocenters. The first kappa shape index (κ1) is 12.9. The van der Waals surface area contributed by atoms with Crippen molar-refractivity contribution in [2.75, 3.05) is 0 Å². The van der Waals surface area contributed by atoms with E-state index in [4.69, 9.17) is 4.42 Å². The van der Waals surface area contributed by atoms with E-state index in [0.717, 1.165) is 12.2 Å². The minimum absolute atomic E-state index is 0.0767. The SMILES string of the molecule is CCC(C)(C)NC(c1ccccc1)c1ccco1. The monoisotopic (exact) mass is 243 g/mol. The quantitative estimate of drug-likeness (QED) is 0.853. The summed E-state index contributed by atoms with van der Waals surface area (Å²) in [5, 5.41) is 3.67. The average Bonchev–Trinajstić information content (AvgIpc) is 2.91. The van der Waals surface area contributed by atoms with Crippen molar-refractivity contribution in [3.63, 3.8) is 0 Å². The van der Waals surface area contributed by atoms with Gasteiger partial charge in [0.2, 0.25) is 0 Å². The van der Waals surface area contributed by atoms with Gasteiger partial charge in [-0.3, -0.25) is 5.32 Å². The third-order valence-corrected chi connectivity index (χ3v) is 3.38. The van der Waals surface area contributed by atoms with Gasteiger partial charge in [0.25, 0.3) is 0 Å². The molecule has 0 radical (unpaired) electrons. The summed E-state index contributed by atoms with van der Waals surface area (Å²) < 4.78 is 5.58. The van der Waals surface area contributed by atoms with Gasteiger partial charge in [-0.15, -0.1) is 0 Å². The fourth-order valence-electron chi connectivity index (χ4n) is 1.91. The normalized spacial score (nSPS) is 13.5. The Hall–Kier alpha value is -1.54. The molecule has 0 amide bonds. The summed E-state index contributed by atoms with van der Waals surface area (Å²) in [5.41, 5.74) is 1.31. The first-order chi connectivity index (χ1) is 8.62. The first-order valence-corrected chi connectivity index (χ1v) is 6.48. The maximum absolute atomic E-state index is 5.58. The number of furan rings is 1. The molecular weight excluding hydrogens is 222 g/mol. The second-order valence-corrected chi connectivity index (χ2v) is 5.24. The Bertz CT molecular complexity index is 459. The van der Waals surface area contributed by atoms with E-state index in [1.165, 1.54) is 5.56 Å². The molecule has 2 heteroatoms. The molecule has 2 nitrogen and oxygen atoms in total. The van der Waals surface area contributed by atoms with Crippen LogP contribution in [0.3, 0.4) is 0 Å². The molecule has 0 spiro atoms. The average molecular weight is 243 g/mol. The van der Waals surface area contributed by atoms with Crippen LogP contribution in [0.4, 0.5) is 0 Å².